The molecule has 106 valence electrons. The summed E-state index contributed by atoms with van der Waals surface area (Å²) >= 11 is 9.28. The zero-order valence-electron chi connectivity index (χ0n) is 11.0. The highest BCUT2D eigenvalue weighted by Crippen LogP contribution is 2.21. The third-order valence-electron chi connectivity index (χ3n) is 3.26. The molecule has 2 aromatic rings. The smallest absolute Gasteiger partial charge is 0.141 e. The summed E-state index contributed by atoms with van der Waals surface area (Å²) in [5.41, 5.74) is 8.11. The lowest BCUT2D eigenvalue weighted by Crippen LogP contribution is -2.19. The number of hydrogen-bond acceptors (Lipinski definition) is 1. The van der Waals surface area contributed by atoms with Crippen molar-refractivity contribution >= 4 is 27.5 Å². The van der Waals surface area contributed by atoms with E-state index in [2.05, 4.69) is 28.1 Å². The van der Waals surface area contributed by atoms with Crippen molar-refractivity contribution in [3.8, 4) is 0 Å². The van der Waals surface area contributed by atoms with Gasteiger partial charge in [-0.05, 0) is 60.7 Å². The predicted octanol–water partition coefficient (Wildman–Crippen LogP) is 4.60. The van der Waals surface area contributed by atoms with Crippen molar-refractivity contribution in [1.29, 1.82) is 0 Å². The first-order valence-electron chi connectivity index (χ1n) is 6.47. The fraction of sp³-hybridized carbons (Fsp3) is 0.250. The van der Waals surface area contributed by atoms with Gasteiger partial charge in [-0.25, -0.2) is 4.39 Å². The van der Waals surface area contributed by atoms with Crippen LogP contribution < -0.4 is 5.73 Å². The second-order valence-corrected chi connectivity index (χ2v) is 6.21. The normalized spacial score (nSPS) is 12.4. The largest absolute Gasteiger partial charge is 0.330 e. The molecule has 0 heterocycles. The molecule has 0 radical (unpaired) electrons. The average molecular weight is 357 g/mol. The van der Waals surface area contributed by atoms with Crippen LogP contribution in [-0.4, -0.2) is 6.54 Å². The van der Waals surface area contributed by atoms with Gasteiger partial charge in [-0.15, -0.1) is 0 Å². The van der Waals surface area contributed by atoms with Gasteiger partial charge >= 0.3 is 0 Å². The predicted molar refractivity (Wildman–Crippen MR) is 85.5 cm³/mol. The number of nitrogens with two attached hydrogens (primary N) is 1. The average Bonchev–Trinajstić information content (AvgIpc) is 2.42. The van der Waals surface area contributed by atoms with Gasteiger partial charge in [0.05, 0.1) is 5.02 Å². The van der Waals surface area contributed by atoms with Crippen LogP contribution in [0.4, 0.5) is 4.39 Å². The van der Waals surface area contributed by atoms with Crippen molar-refractivity contribution < 1.29 is 4.39 Å². The lowest BCUT2D eigenvalue weighted by molar-refractivity contribution is 0.532. The number of rotatable bonds is 5. The van der Waals surface area contributed by atoms with Crippen LogP contribution in [-0.2, 0) is 12.8 Å². The van der Waals surface area contributed by atoms with Gasteiger partial charge in [0.1, 0.15) is 5.82 Å². The van der Waals surface area contributed by atoms with Crippen LogP contribution in [0.15, 0.2) is 46.9 Å². The van der Waals surface area contributed by atoms with Crippen molar-refractivity contribution in [2.75, 3.05) is 6.54 Å². The summed E-state index contributed by atoms with van der Waals surface area (Å²) in [6.45, 7) is 0.585. The molecule has 0 amide bonds. The van der Waals surface area contributed by atoms with E-state index in [1.807, 2.05) is 12.1 Å². The summed E-state index contributed by atoms with van der Waals surface area (Å²) in [5.74, 6) is -0.0717. The molecule has 20 heavy (non-hydrogen) atoms. The number of hydrogen-bond donors (Lipinski definition) is 1. The summed E-state index contributed by atoms with van der Waals surface area (Å²) in [6, 6.07) is 13.1. The van der Waals surface area contributed by atoms with Gasteiger partial charge in [-0.3, -0.25) is 0 Å². The molecular weight excluding hydrogens is 341 g/mol. The Morgan fingerprint density at radius 1 is 1.10 bits per heavy atom. The maximum Gasteiger partial charge on any atom is 0.141 e. The minimum Gasteiger partial charge on any atom is -0.330 e. The van der Waals surface area contributed by atoms with E-state index < -0.39 is 0 Å². The molecule has 0 aliphatic carbocycles. The molecule has 2 N–H and O–H groups in total. The molecule has 1 unspecified atom stereocenters. The first kappa shape index (κ1) is 15.5. The van der Waals surface area contributed by atoms with Gasteiger partial charge < -0.3 is 5.73 Å². The lowest BCUT2D eigenvalue weighted by atomic mass is 9.93. The Labute approximate surface area is 132 Å². The van der Waals surface area contributed by atoms with Crippen LogP contribution in [0, 0.1) is 11.7 Å². The van der Waals surface area contributed by atoms with Crippen molar-refractivity contribution in [2.24, 2.45) is 11.7 Å². The van der Waals surface area contributed by atoms with E-state index in [1.165, 1.54) is 11.6 Å². The molecule has 0 spiro atoms. The highest BCUT2D eigenvalue weighted by molar-refractivity contribution is 9.10. The summed E-state index contributed by atoms with van der Waals surface area (Å²) in [7, 11) is 0. The Balaban J connectivity index is 2.07. The Morgan fingerprint density at radius 2 is 1.80 bits per heavy atom. The molecule has 0 fully saturated rings. The number of benzene rings is 2. The topological polar surface area (TPSA) is 26.0 Å². The minimum atomic E-state index is -0.383. The van der Waals surface area contributed by atoms with Gasteiger partial charge in [-0.2, -0.15) is 0 Å². The molecule has 4 heteroatoms. The van der Waals surface area contributed by atoms with Gasteiger partial charge in [0.25, 0.3) is 0 Å². The van der Waals surface area contributed by atoms with Crippen LogP contribution in [0.1, 0.15) is 11.1 Å². The summed E-state index contributed by atoms with van der Waals surface area (Å²) in [4.78, 5) is 0. The molecule has 0 saturated heterocycles. The second-order valence-electron chi connectivity index (χ2n) is 4.89. The van der Waals surface area contributed by atoms with E-state index in [0.717, 1.165) is 22.9 Å². The first-order chi connectivity index (χ1) is 9.58. The van der Waals surface area contributed by atoms with Crippen molar-refractivity contribution in [2.45, 2.75) is 12.8 Å². The van der Waals surface area contributed by atoms with Crippen molar-refractivity contribution in [3.05, 3.63) is 68.9 Å². The zero-order valence-corrected chi connectivity index (χ0v) is 13.3. The SMILES string of the molecule is NCC(Cc1cccc(Br)c1)Cc1ccc(F)c(Cl)c1. The van der Waals surface area contributed by atoms with Crippen LogP contribution in [0.25, 0.3) is 0 Å². The lowest BCUT2D eigenvalue weighted by Gasteiger charge is -2.15. The molecular formula is C16H16BrClFN. The van der Waals surface area contributed by atoms with Crippen LogP contribution in [0.2, 0.25) is 5.02 Å². The molecule has 1 nitrogen and oxygen atoms in total. The highest BCUT2D eigenvalue weighted by Gasteiger charge is 2.11. The number of halogens is 3. The molecule has 0 aliphatic heterocycles. The third kappa shape index (κ3) is 4.30. The van der Waals surface area contributed by atoms with Gasteiger partial charge in [0.15, 0.2) is 0 Å². The Hall–Kier alpha value is -0.900. The molecule has 0 aromatic heterocycles. The monoisotopic (exact) mass is 355 g/mol. The molecule has 0 bridgehead atoms. The van der Waals surface area contributed by atoms with E-state index in [0.29, 0.717) is 12.5 Å². The second kappa shape index (κ2) is 7.21. The van der Waals surface area contributed by atoms with E-state index in [1.54, 1.807) is 12.1 Å². The van der Waals surface area contributed by atoms with E-state index in [-0.39, 0.29) is 10.8 Å². The molecule has 0 saturated carbocycles. The maximum absolute atomic E-state index is 13.1. The summed E-state index contributed by atoms with van der Waals surface area (Å²) in [6.07, 6.45) is 1.69. The van der Waals surface area contributed by atoms with Crippen molar-refractivity contribution in [1.82, 2.24) is 0 Å². The fourth-order valence-corrected chi connectivity index (χ4v) is 2.89. The van der Waals surface area contributed by atoms with Crippen LogP contribution in [0.3, 0.4) is 0 Å². The van der Waals surface area contributed by atoms with Gasteiger partial charge in [-0.1, -0.05) is 45.7 Å². The Kier molecular flexibility index (Phi) is 5.58. The van der Waals surface area contributed by atoms with Crippen molar-refractivity contribution in [3.63, 3.8) is 0 Å². The van der Waals surface area contributed by atoms with Crippen LogP contribution >= 0.6 is 27.5 Å². The quantitative estimate of drug-likeness (QED) is 0.832. The molecule has 1 atom stereocenters. The first-order valence-corrected chi connectivity index (χ1v) is 7.64. The van der Waals surface area contributed by atoms with Crippen LogP contribution in [0.5, 0.6) is 0 Å². The third-order valence-corrected chi connectivity index (χ3v) is 4.04. The standard InChI is InChI=1S/C16H16BrClFN/c17-14-3-1-2-11(8-14)6-13(10-20)7-12-4-5-16(19)15(18)9-12/h1-5,8-9,13H,6-7,10,20H2. The van der Waals surface area contributed by atoms with Gasteiger partial charge in [0, 0.05) is 4.47 Å². The summed E-state index contributed by atoms with van der Waals surface area (Å²) < 4.78 is 14.2. The molecule has 0 aliphatic rings. The van der Waals surface area contributed by atoms with E-state index in [9.17, 15) is 4.39 Å². The Bertz CT molecular complexity index is 588. The Morgan fingerprint density at radius 3 is 2.40 bits per heavy atom. The van der Waals surface area contributed by atoms with E-state index in [4.69, 9.17) is 17.3 Å². The zero-order chi connectivity index (χ0) is 14.5. The van der Waals surface area contributed by atoms with E-state index >= 15 is 0 Å². The highest BCUT2D eigenvalue weighted by atomic mass is 79.9. The molecule has 2 aromatic carbocycles. The maximum atomic E-state index is 13.1. The molecule has 2 rings (SSSR count). The van der Waals surface area contributed by atoms with Gasteiger partial charge in [0.2, 0.25) is 0 Å². The minimum absolute atomic E-state index is 0.167. The fourth-order valence-electron chi connectivity index (χ4n) is 2.24. The summed E-state index contributed by atoms with van der Waals surface area (Å²) in [5, 5.41) is 0.167.